The minimum Gasteiger partial charge on any atom is -0.464 e. The van der Waals surface area contributed by atoms with Gasteiger partial charge < -0.3 is 10.2 Å². The summed E-state index contributed by atoms with van der Waals surface area (Å²) < 4.78 is 5.90. The molecule has 2 N–H and O–H groups in total. The smallest absolute Gasteiger partial charge is 0.122 e. The molecule has 1 aromatic rings. The van der Waals surface area contributed by atoms with Crippen LogP contribution >= 0.6 is 0 Å². The van der Waals surface area contributed by atoms with Crippen LogP contribution in [0.5, 0.6) is 0 Å². The number of hydrogen-bond acceptors (Lipinski definition) is 4. The van der Waals surface area contributed by atoms with E-state index < -0.39 is 0 Å². The summed E-state index contributed by atoms with van der Waals surface area (Å²) in [6.07, 6.45) is 0.937. The molecule has 1 saturated heterocycles. The lowest BCUT2D eigenvalue weighted by Gasteiger charge is -2.44. The van der Waals surface area contributed by atoms with Crippen molar-refractivity contribution < 1.29 is 4.42 Å². The number of nitrogens with zero attached hydrogens (tertiary/aromatic N) is 2. The van der Waals surface area contributed by atoms with Crippen molar-refractivity contribution in [1.29, 1.82) is 0 Å². The monoisotopic (exact) mass is 265 g/mol. The Morgan fingerprint density at radius 1 is 1.32 bits per heavy atom. The predicted molar refractivity (Wildman–Crippen MR) is 78.1 cm³/mol. The van der Waals surface area contributed by atoms with Gasteiger partial charge in [0.05, 0.1) is 6.04 Å². The Bertz CT molecular complexity index is 392. The Balaban J connectivity index is 2.13. The third-order valence-electron chi connectivity index (χ3n) is 4.41. The Kier molecular flexibility index (Phi) is 4.66. The molecule has 0 spiro atoms. The summed E-state index contributed by atoms with van der Waals surface area (Å²) in [5, 5.41) is 0. The molecule has 0 radical (unpaired) electrons. The highest BCUT2D eigenvalue weighted by Crippen LogP contribution is 2.26. The van der Waals surface area contributed by atoms with Gasteiger partial charge >= 0.3 is 0 Å². The van der Waals surface area contributed by atoms with Crippen molar-refractivity contribution in [2.75, 3.05) is 26.7 Å². The Morgan fingerprint density at radius 3 is 2.42 bits per heavy atom. The molecule has 1 aliphatic rings. The minimum absolute atomic E-state index is 0.207. The lowest BCUT2D eigenvalue weighted by Crippen LogP contribution is -2.56. The summed E-state index contributed by atoms with van der Waals surface area (Å²) in [5.74, 6) is 2.06. The normalized spacial score (nSPS) is 27.6. The summed E-state index contributed by atoms with van der Waals surface area (Å²) in [7, 11) is 2.20. The Labute approximate surface area is 116 Å². The number of aryl methyl sites for hydroxylation is 1. The first-order chi connectivity index (χ1) is 9.06. The number of hydrogen-bond donors (Lipinski definition) is 1. The van der Waals surface area contributed by atoms with Gasteiger partial charge in [-0.05, 0) is 33.0 Å². The molecule has 108 valence electrons. The molecule has 2 heterocycles. The minimum atomic E-state index is 0.207. The molecule has 0 saturated carbocycles. The van der Waals surface area contributed by atoms with Crippen LogP contribution in [0.4, 0.5) is 0 Å². The van der Waals surface area contributed by atoms with Crippen LogP contribution in [-0.4, -0.2) is 48.6 Å². The van der Waals surface area contributed by atoms with Crippen LogP contribution < -0.4 is 5.73 Å². The standard InChI is InChI=1S/C15H27N3O/c1-5-13-6-7-15(19-13)14(8-16)18-9-11(2)17(4)12(3)10-18/h6-7,11-12,14H,5,8-10,16H2,1-4H3. The Hall–Kier alpha value is -0.840. The average molecular weight is 265 g/mol. The highest BCUT2D eigenvalue weighted by atomic mass is 16.3. The summed E-state index contributed by atoms with van der Waals surface area (Å²) in [4.78, 5) is 4.90. The molecule has 1 aromatic heterocycles. The van der Waals surface area contributed by atoms with Crippen LogP contribution in [0.3, 0.4) is 0 Å². The summed E-state index contributed by atoms with van der Waals surface area (Å²) in [6.45, 7) is 9.36. The van der Waals surface area contributed by atoms with E-state index in [1.54, 1.807) is 0 Å². The van der Waals surface area contributed by atoms with Crippen LogP contribution in [0.15, 0.2) is 16.5 Å². The second-order valence-electron chi connectivity index (χ2n) is 5.73. The van der Waals surface area contributed by atoms with Gasteiger partial charge in [-0.1, -0.05) is 6.92 Å². The fourth-order valence-electron chi connectivity index (χ4n) is 2.91. The molecule has 1 aliphatic heterocycles. The zero-order valence-corrected chi connectivity index (χ0v) is 12.6. The number of likely N-dealkylation sites (N-methyl/N-ethyl adjacent to an activating group) is 1. The molecule has 3 atom stereocenters. The van der Waals surface area contributed by atoms with Gasteiger partial charge in [-0.15, -0.1) is 0 Å². The SMILES string of the molecule is CCc1ccc(C(CN)N2CC(C)N(C)C(C)C2)o1. The van der Waals surface area contributed by atoms with Gasteiger partial charge in [0.25, 0.3) is 0 Å². The van der Waals surface area contributed by atoms with Crippen LogP contribution in [0.25, 0.3) is 0 Å². The third kappa shape index (κ3) is 3.02. The zero-order valence-electron chi connectivity index (χ0n) is 12.6. The van der Waals surface area contributed by atoms with E-state index in [0.29, 0.717) is 18.6 Å². The van der Waals surface area contributed by atoms with E-state index in [2.05, 4.69) is 49.8 Å². The van der Waals surface area contributed by atoms with Crippen molar-refractivity contribution in [1.82, 2.24) is 9.80 Å². The van der Waals surface area contributed by atoms with Gasteiger partial charge in [-0.25, -0.2) is 0 Å². The number of piperazine rings is 1. The van der Waals surface area contributed by atoms with Crippen LogP contribution in [0, 0.1) is 0 Å². The van der Waals surface area contributed by atoms with E-state index in [9.17, 15) is 0 Å². The van der Waals surface area contributed by atoms with Crippen molar-refractivity contribution in [2.45, 2.75) is 45.3 Å². The molecule has 0 aliphatic carbocycles. The quantitative estimate of drug-likeness (QED) is 0.902. The molecule has 0 aromatic carbocycles. The van der Waals surface area contributed by atoms with Gasteiger partial charge in [0.1, 0.15) is 11.5 Å². The maximum Gasteiger partial charge on any atom is 0.122 e. The van der Waals surface area contributed by atoms with Gasteiger partial charge in [0.2, 0.25) is 0 Å². The lowest BCUT2D eigenvalue weighted by atomic mass is 10.1. The van der Waals surface area contributed by atoms with Gasteiger partial charge in [0, 0.05) is 38.1 Å². The molecule has 4 nitrogen and oxygen atoms in total. The van der Waals surface area contributed by atoms with E-state index >= 15 is 0 Å². The van der Waals surface area contributed by atoms with Crippen molar-refractivity contribution in [3.8, 4) is 0 Å². The molecular formula is C15H27N3O. The van der Waals surface area contributed by atoms with E-state index in [-0.39, 0.29) is 6.04 Å². The summed E-state index contributed by atoms with van der Waals surface area (Å²) in [6, 6.07) is 5.47. The maximum absolute atomic E-state index is 6.00. The maximum atomic E-state index is 6.00. The molecule has 19 heavy (non-hydrogen) atoms. The molecule has 4 heteroatoms. The Morgan fingerprint density at radius 2 is 1.95 bits per heavy atom. The van der Waals surface area contributed by atoms with Gasteiger partial charge in [-0.3, -0.25) is 9.80 Å². The first-order valence-corrected chi connectivity index (χ1v) is 7.31. The zero-order chi connectivity index (χ0) is 14.0. The van der Waals surface area contributed by atoms with Crippen molar-refractivity contribution in [3.63, 3.8) is 0 Å². The van der Waals surface area contributed by atoms with Crippen molar-refractivity contribution in [2.24, 2.45) is 5.73 Å². The van der Waals surface area contributed by atoms with Crippen LogP contribution in [-0.2, 0) is 6.42 Å². The number of rotatable bonds is 4. The molecule has 3 unspecified atom stereocenters. The first-order valence-electron chi connectivity index (χ1n) is 7.31. The summed E-state index contributed by atoms with van der Waals surface area (Å²) in [5.41, 5.74) is 6.00. The predicted octanol–water partition coefficient (Wildman–Crippen LogP) is 1.87. The summed E-state index contributed by atoms with van der Waals surface area (Å²) >= 11 is 0. The first kappa shape index (κ1) is 14.6. The van der Waals surface area contributed by atoms with Crippen LogP contribution in [0.2, 0.25) is 0 Å². The topological polar surface area (TPSA) is 45.6 Å². The van der Waals surface area contributed by atoms with E-state index in [4.69, 9.17) is 10.2 Å². The fraction of sp³-hybridized carbons (Fsp3) is 0.733. The molecule has 2 rings (SSSR count). The van der Waals surface area contributed by atoms with E-state index in [0.717, 1.165) is 31.0 Å². The van der Waals surface area contributed by atoms with E-state index in [1.807, 2.05) is 0 Å². The third-order valence-corrected chi connectivity index (χ3v) is 4.41. The van der Waals surface area contributed by atoms with Crippen LogP contribution in [0.1, 0.15) is 38.3 Å². The lowest BCUT2D eigenvalue weighted by molar-refractivity contribution is 0.0294. The second kappa shape index (κ2) is 6.07. The molecule has 0 amide bonds. The van der Waals surface area contributed by atoms with Gasteiger partial charge in [0.15, 0.2) is 0 Å². The number of furan rings is 1. The molecule has 1 fully saturated rings. The van der Waals surface area contributed by atoms with E-state index in [1.165, 1.54) is 0 Å². The highest BCUT2D eigenvalue weighted by molar-refractivity contribution is 5.12. The second-order valence-corrected chi connectivity index (χ2v) is 5.73. The average Bonchev–Trinajstić information content (AvgIpc) is 2.85. The molecular weight excluding hydrogens is 238 g/mol. The van der Waals surface area contributed by atoms with Crippen molar-refractivity contribution in [3.05, 3.63) is 23.7 Å². The fourth-order valence-corrected chi connectivity index (χ4v) is 2.91. The number of nitrogens with two attached hydrogens (primary N) is 1. The van der Waals surface area contributed by atoms with Crippen molar-refractivity contribution >= 4 is 0 Å². The highest BCUT2D eigenvalue weighted by Gasteiger charge is 2.32. The molecule has 0 bridgehead atoms. The largest absolute Gasteiger partial charge is 0.464 e. The van der Waals surface area contributed by atoms with Gasteiger partial charge in [-0.2, -0.15) is 0 Å².